The molecule has 0 spiro atoms. The molecule has 0 aliphatic heterocycles. The van der Waals surface area contributed by atoms with Gasteiger partial charge in [-0.2, -0.15) is 0 Å². The molecule has 0 amide bonds. The van der Waals surface area contributed by atoms with Gasteiger partial charge in [0.25, 0.3) is 0 Å². The normalized spacial score (nSPS) is 10.5. The molecule has 0 unspecified atom stereocenters. The standard InChI is InChI=1S/C14H13N/c1-4-11-6-5-7-12-8-15-9-13(10(2)3)14(11)12/h1,5-10H,2-3H3. The Morgan fingerprint density at radius 1 is 1.27 bits per heavy atom. The molecule has 0 bridgehead atoms. The highest BCUT2D eigenvalue weighted by molar-refractivity contribution is 5.90. The predicted octanol–water partition coefficient (Wildman–Crippen LogP) is 3.34. The summed E-state index contributed by atoms with van der Waals surface area (Å²) in [5.41, 5.74) is 2.18. The molecule has 0 N–H and O–H groups in total. The van der Waals surface area contributed by atoms with Gasteiger partial charge >= 0.3 is 0 Å². The minimum absolute atomic E-state index is 0.440. The molecule has 0 aliphatic rings. The van der Waals surface area contributed by atoms with Crippen molar-refractivity contribution < 1.29 is 0 Å². The lowest BCUT2D eigenvalue weighted by Gasteiger charge is -2.10. The maximum atomic E-state index is 5.51. The first-order valence-electron chi connectivity index (χ1n) is 5.07. The molecule has 1 nitrogen and oxygen atoms in total. The van der Waals surface area contributed by atoms with Crippen LogP contribution >= 0.6 is 0 Å². The van der Waals surface area contributed by atoms with Gasteiger partial charge in [0.2, 0.25) is 0 Å². The van der Waals surface area contributed by atoms with Crippen LogP contribution in [-0.4, -0.2) is 4.98 Å². The van der Waals surface area contributed by atoms with Crippen LogP contribution in [0.25, 0.3) is 10.8 Å². The Kier molecular flexibility index (Phi) is 2.43. The molecule has 2 aromatic rings. The lowest BCUT2D eigenvalue weighted by atomic mass is 9.95. The number of hydrogen-bond donors (Lipinski definition) is 0. The van der Waals surface area contributed by atoms with Crippen molar-refractivity contribution in [1.82, 2.24) is 4.98 Å². The smallest absolute Gasteiger partial charge is 0.0347 e. The molecule has 0 saturated heterocycles. The Morgan fingerprint density at radius 3 is 2.73 bits per heavy atom. The number of benzene rings is 1. The van der Waals surface area contributed by atoms with Gasteiger partial charge in [0.05, 0.1) is 0 Å². The second-order valence-electron chi connectivity index (χ2n) is 3.93. The van der Waals surface area contributed by atoms with Crippen LogP contribution in [0.1, 0.15) is 30.9 Å². The molecule has 1 heteroatoms. The number of nitrogens with zero attached hydrogens (tertiary/aromatic N) is 1. The summed E-state index contributed by atoms with van der Waals surface area (Å²) < 4.78 is 0. The highest BCUT2D eigenvalue weighted by Gasteiger charge is 2.08. The van der Waals surface area contributed by atoms with Crippen molar-refractivity contribution in [3.63, 3.8) is 0 Å². The van der Waals surface area contributed by atoms with Gasteiger partial charge in [0.1, 0.15) is 0 Å². The Bertz CT molecular complexity index is 527. The zero-order valence-electron chi connectivity index (χ0n) is 8.99. The maximum absolute atomic E-state index is 5.51. The maximum Gasteiger partial charge on any atom is 0.0347 e. The average Bonchev–Trinajstić information content (AvgIpc) is 2.27. The topological polar surface area (TPSA) is 12.9 Å². The predicted molar refractivity (Wildman–Crippen MR) is 63.8 cm³/mol. The minimum Gasteiger partial charge on any atom is -0.264 e. The number of terminal acetylenes is 1. The van der Waals surface area contributed by atoms with Crippen molar-refractivity contribution in [3.8, 4) is 12.3 Å². The zero-order valence-corrected chi connectivity index (χ0v) is 8.99. The van der Waals surface area contributed by atoms with Gasteiger partial charge in [-0.1, -0.05) is 31.9 Å². The molecule has 0 saturated carbocycles. The van der Waals surface area contributed by atoms with E-state index in [1.165, 1.54) is 10.9 Å². The number of aromatic nitrogens is 1. The second kappa shape index (κ2) is 3.74. The first kappa shape index (κ1) is 9.73. The van der Waals surface area contributed by atoms with Crippen LogP contribution in [0.2, 0.25) is 0 Å². The van der Waals surface area contributed by atoms with Gasteiger partial charge in [0, 0.05) is 28.7 Å². The molecular weight excluding hydrogens is 182 g/mol. The molecule has 0 radical (unpaired) electrons. The molecule has 1 heterocycles. The molecule has 0 aliphatic carbocycles. The Labute approximate surface area is 90.2 Å². The van der Waals surface area contributed by atoms with Gasteiger partial charge in [-0.25, -0.2) is 0 Å². The van der Waals surface area contributed by atoms with E-state index in [1.54, 1.807) is 0 Å². The van der Waals surface area contributed by atoms with Gasteiger partial charge in [0.15, 0.2) is 0 Å². The van der Waals surface area contributed by atoms with Gasteiger partial charge in [-0.3, -0.25) is 4.98 Å². The fraction of sp³-hybridized carbons (Fsp3) is 0.214. The van der Waals surface area contributed by atoms with E-state index >= 15 is 0 Å². The number of rotatable bonds is 1. The van der Waals surface area contributed by atoms with Crippen molar-refractivity contribution >= 4 is 10.8 Å². The van der Waals surface area contributed by atoms with E-state index in [1.807, 2.05) is 24.5 Å². The summed E-state index contributed by atoms with van der Waals surface area (Å²) in [6.45, 7) is 4.31. The van der Waals surface area contributed by atoms with Crippen LogP contribution < -0.4 is 0 Å². The summed E-state index contributed by atoms with van der Waals surface area (Å²) in [6, 6.07) is 6.01. The minimum atomic E-state index is 0.440. The van der Waals surface area contributed by atoms with Crippen LogP contribution in [0.4, 0.5) is 0 Å². The number of pyridine rings is 1. The lowest BCUT2D eigenvalue weighted by molar-refractivity contribution is 0.869. The van der Waals surface area contributed by atoms with Gasteiger partial charge in [-0.15, -0.1) is 6.42 Å². The fourth-order valence-electron chi connectivity index (χ4n) is 1.82. The largest absolute Gasteiger partial charge is 0.264 e. The average molecular weight is 195 g/mol. The van der Waals surface area contributed by atoms with E-state index in [2.05, 4.69) is 30.8 Å². The van der Waals surface area contributed by atoms with Crippen molar-refractivity contribution in [2.45, 2.75) is 19.8 Å². The quantitative estimate of drug-likeness (QED) is 0.636. The molecule has 74 valence electrons. The second-order valence-corrected chi connectivity index (χ2v) is 3.93. The van der Waals surface area contributed by atoms with E-state index in [0.717, 1.165) is 10.9 Å². The van der Waals surface area contributed by atoms with E-state index in [9.17, 15) is 0 Å². The summed E-state index contributed by atoms with van der Waals surface area (Å²) in [6.07, 6.45) is 9.29. The number of hydrogen-bond acceptors (Lipinski definition) is 1. The summed E-state index contributed by atoms with van der Waals surface area (Å²) in [7, 11) is 0. The van der Waals surface area contributed by atoms with Crippen molar-refractivity contribution in [2.75, 3.05) is 0 Å². The van der Waals surface area contributed by atoms with Crippen molar-refractivity contribution in [3.05, 3.63) is 41.7 Å². The van der Waals surface area contributed by atoms with E-state index < -0.39 is 0 Å². The summed E-state index contributed by atoms with van der Waals surface area (Å²) in [4.78, 5) is 4.24. The highest BCUT2D eigenvalue weighted by atomic mass is 14.6. The van der Waals surface area contributed by atoms with Crippen LogP contribution in [0, 0.1) is 12.3 Å². The third-order valence-corrected chi connectivity index (χ3v) is 2.59. The summed E-state index contributed by atoms with van der Waals surface area (Å²) >= 11 is 0. The molecular formula is C14H13N. The van der Waals surface area contributed by atoms with Crippen molar-refractivity contribution in [2.24, 2.45) is 0 Å². The first-order valence-corrected chi connectivity index (χ1v) is 5.07. The highest BCUT2D eigenvalue weighted by Crippen LogP contribution is 2.26. The summed E-state index contributed by atoms with van der Waals surface area (Å²) in [5.74, 6) is 3.18. The Hall–Kier alpha value is -1.81. The lowest BCUT2D eigenvalue weighted by Crippen LogP contribution is -1.93. The third kappa shape index (κ3) is 1.59. The van der Waals surface area contributed by atoms with Crippen LogP contribution in [0.5, 0.6) is 0 Å². The van der Waals surface area contributed by atoms with Crippen molar-refractivity contribution in [1.29, 1.82) is 0 Å². The van der Waals surface area contributed by atoms with Crippen LogP contribution in [-0.2, 0) is 0 Å². The Balaban J connectivity index is 2.89. The zero-order chi connectivity index (χ0) is 10.8. The van der Waals surface area contributed by atoms with E-state index in [-0.39, 0.29) is 0 Å². The molecule has 1 aromatic heterocycles. The van der Waals surface area contributed by atoms with Gasteiger partial charge in [-0.05, 0) is 17.5 Å². The monoisotopic (exact) mass is 195 g/mol. The third-order valence-electron chi connectivity index (χ3n) is 2.59. The molecule has 15 heavy (non-hydrogen) atoms. The SMILES string of the molecule is C#Cc1cccc2cncc(C(C)C)c12. The van der Waals surface area contributed by atoms with Gasteiger partial charge < -0.3 is 0 Å². The molecule has 0 fully saturated rings. The first-order chi connectivity index (χ1) is 7.24. The fourth-order valence-corrected chi connectivity index (χ4v) is 1.82. The number of fused-ring (bicyclic) bond motifs is 1. The molecule has 1 aromatic carbocycles. The Morgan fingerprint density at radius 2 is 2.07 bits per heavy atom. The van der Waals surface area contributed by atoms with E-state index in [4.69, 9.17) is 6.42 Å². The summed E-state index contributed by atoms with van der Waals surface area (Å²) in [5, 5.41) is 2.29. The van der Waals surface area contributed by atoms with Crippen LogP contribution in [0.3, 0.4) is 0 Å². The molecule has 0 atom stereocenters. The van der Waals surface area contributed by atoms with E-state index in [0.29, 0.717) is 5.92 Å². The van der Waals surface area contributed by atoms with Crippen LogP contribution in [0.15, 0.2) is 30.6 Å². The molecule has 2 rings (SSSR count).